The second-order valence-electron chi connectivity index (χ2n) is 18.3. The Bertz CT molecular complexity index is 1560. The van der Waals surface area contributed by atoms with E-state index in [2.05, 4.69) is 69.9 Å². The molecule has 3 amide bonds. The van der Waals surface area contributed by atoms with E-state index < -0.39 is 17.1 Å². The number of nitrogens with zero attached hydrogens (tertiary/aromatic N) is 2. The molecular formula is C39H55N3O6S. The van der Waals surface area contributed by atoms with Crippen LogP contribution in [0.1, 0.15) is 113 Å². The molecule has 6 fully saturated rings. The van der Waals surface area contributed by atoms with Crippen molar-refractivity contribution in [2.45, 2.75) is 113 Å². The zero-order chi connectivity index (χ0) is 35.2. The number of imide groups is 1. The maximum Gasteiger partial charge on any atom is 0.359 e. The van der Waals surface area contributed by atoms with Crippen LogP contribution < -0.4 is 5.32 Å². The Balaban J connectivity index is 1.17. The lowest BCUT2D eigenvalue weighted by Crippen LogP contribution is -2.65. The zero-order valence-corrected chi connectivity index (χ0v) is 31.4. The van der Waals surface area contributed by atoms with E-state index in [1.54, 1.807) is 5.57 Å². The van der Waals surface area contributed by atoms with E-state index >= 15 is 0 Å². The Morgan fingerprint density at radius 2 is 1.69 bits per heavy atom. The first kappa shape index (κ1) is 35.0. The molecule has 2 heterocycles. The van der Waals surface area contributed by atoms with E-state index in [0.717, 1.165) is 76.0 Å². The molecule has 2 aliphatic heterocycles. The van der Waals surface area contributed by atoms with Gasteiger partial charge in [0.25, 0.3) is 11.1 Å². The summed E-state index contributed by atoms with van der Waals surface area (Å²) in [7, 11) is 0. The fourth-order valence-electron chi connectivity index (χ4n) is 12.3. The van der Waals surface area contributed by atoms with Crippen LogP contribution in [0.5, 0.6) is 0 Å². The van der Waals surface area contributed by atoms with Crippen LogP contribution in [0, 0.1) is 50.2 Å². The maximum atomic E-state index is 14.6. The molecule has 268 valence electrons. The number of hydrogen-bond acceptors (Lipinski definition) is 8. The third kappa shape index (κ3) is 5.31. The van der Waals surface area contributed by atoms with Gasteiger partial charge in [-0.2, -0.15) is 0 Å². The van der Waals surface area contributed by atoms with Crippen LogP contribution in [0.3, 0.4) is 0 Å². The number of thioether (sulfide) groups is 1. The number of hydrogen-bond donors (Lipinski definition) is 1. The van der Waals surface area contributed by atoms with Crippen LogP contribution in [0.25, 0.3) is 0 Å². The van der Waals surface area contributed by atoms with Crippen molar-refractivity contribution in [3.63, 3.8) is 0 Å². The third-order valence-corrected chi connectivity index (χ3v) is 16.1. The van der Waals surface area contributed by atoms with E-state index in [1.807, 2.05) is 0 Å². The van der Waals surface area contributed by atoms with Gasteiger partial charge in [0.2, 0.25) is 5.91 Å². The minimum absolute atomic E-state index is 0.0256. The molecule has 4 saturated carbocycles. The van der Waals surface area contributed by atoms with Crippen LogP contribution in [0.4, 0.5) is 4.79 Å². The van der Waals surface area contributed by atoms with Gasteiger partial charge >= 0.3 is 5.97 Å². The topological polar surface area (TPSA) is 114 Å². The molecule has 9 nitrogen and oxygen atoms in total. The molecule has 0 unspecified atom stereocenters. The van der Waals surface area contributed by atoms with Gasteiger partial charge in [-0.1, -0.05) is 65.3 Å². The van der Waals surface area contributed by atoms with Gasteiger partial charge in [-0.25, -0.2) is 4.79 Å². The number of morpholine rings is 1. The van der Waals surface area contributed by atoms with Gasteiger partial charge in [0.15, 0.2) is 0 Å². The Morgan fingerprint density at radius 3 is 2.39 bits per heavy atom. The quantitative estimate of drug-likeness (QED) is 0.142. The fourth-order valence-corrected chi connectivity index (χ4v) is 13.0. The molecule has 0 bridgehead atoms. The van der Waals surface area contributed by atoms with Crippen molar-refractivity contribution in [1.29, 1.82) is 0 Å². The second kappa shape index (κ2) is 11.8. The first-order valence-corrected chi connectivity index (χ1v) is 19.4. The average molecular weight is 694 g/mol. The Labute approximate surface area is 295 Å². The lowest BCUT2D eigenvalue weighted by Gasteiger charge is -2.71. The molecule has 49 heavy (non-hydrogen) atoms. The van der Waals surface area contributed by atoms with Gasteiger partial charge in [0.1, 0.15) is 0 Å². The first-order valence-electron chi connectivity index (χ1n) is 18.6. The third-order valence-electron chi connectivity index (χ3n) is 15.3. The van der Waals surface area contributed by atoms with Crippen LogP contribution in [-0.4, -0.2) is 59.9 Å². The lowest BCUT2D eigenvalue weighted by atomic mass is 9.33. The minimum atomic E-state index is -0.746. The summed E-state index contributed by atoms with van der Waals surface area (Å²) < 4.78 is 5.65. The molecule has 0 spiro atoms. The Hall–Kier alpha value is -2.46. The summed E-state index contributed by atoms with van der Waals surface area (Å²) >= 11 is 0.693. The molecule has 2 saturated heterocycles. The molecule has 10 heteroatoms. The first-order chi connectivity index (χ1) is 23.0. The number of fused-ring (bicyclic) bond motifs is 7. The fraction of sp³-hybridized carbons (Fsp3) is 0.769. The maximum absolute atomic E-state index is 14.6. The summed E-state index contributed by atoms with van der Waals surface area (Å²) in [6, 6.07) is 0. The van der Waals surface area contributed by atoms with E-state index in [9.17, 15) is 19.2 Å². The van der Waals surface area contributed by atoms with Crippen molar-refractivity contribution in [3.05, 3.63) is 22.6 Å². The largest absolute Gasteiger partial charge is 0.378 e. The molecule has 5 aliphatic carbocycles. The summed E-state index contributed by atoms with van der Waals surface area (Å²) in [6.45, 7) is 19.7. The monoisotopic (exact) mass is 693 g/mol. The zero-order valence-electron chi connectivity index (χ0n) is 30.5. The molecular weight excluding hydrogens is 639 g/mol. The van der Waals surface area contributed by atoms with Crippen LogP contribution >= 0.6 is 11.8 Å². The summed E-state index contributed by atoms with van der Waals surface area (Å²) in [6.07, 6.45) is 13.8. The smallest absolute Gasteiger partial charge is 0.359 e. The van der Waals surface area contributed by atoms with Crippen molar-refractivity contribution in [1.82, 2.24) is 10.2 Å². The van der Waals surface area contributed by atoms with Gasteiger partial charge < -0.3 is 14.5 Å². The van der Waals surface area contributed by atoms with E-state index in [1.165, 1.54) is 0 Å². The molecule has 0 aromatic rings. The van der Waals surface area contributed by atoms with Crippen LogP contribution in [0.2, 0.25) is 0 Å². The lowest BCUT2D eigenvalue weighted by molar-refractivity contribution is -0.177. The molecule has 1 N–H and O–H groups in total. The van der Waals surface area contributed by atoms with Gasteiger partial charge in [-0.05, 0) is 115 Å². The number of amides is 3. The van der Waals surface area contributed by atoms with Gasteiger partial charge in [0, 0.05) is 24.6 Å². The second-order valence-corrected chi connectivity index (χ2v) is 19.3. The van der Waals surface area contributed by atoms with Crippen LogP contribution in [-0.2, 0) is 24.0 Å². The summed E-state index contributed by atoms with van der Waals surface area (Å²) in [4.78, 5) is 58.1. The van der Waals surface area contributed by atoms with E-state index in [-0.39, 0.29) is 43.3 Å². The highest BCUT2D eigenvalue weighted by atomic mass is 32.2. The average Bonchev–Trinajstić information content (AvgIpc) is 3.36. The van der Waals surface area contributed by atoms with Crippen molar-refractivity contribution < 1.29 is 28.8 Å². The summed E-state index contributed by atoms with van der Waals surface area (Å²) in [5, 5.41) is 6.07. The highest BCUT2D eigenvalue weighted by molar-refractivity contribution is 8.18. The summed E-state index contributed by atoms with van der Waals surface area (Å²) in [5.41, 5.74) is 2.33. The molecule has 0 aromatic carbocycles. The number of carbonyl (C=O) groups excluding carboxylic acids is 4. The Morgan fingerprint density at radius 1 is 0.980 bits per heavy atom. The molecule has 0 radical (unpaired) electrons. The number of oxime groups is 1. The highest BCUT2D eigenvalue weighted by Gasteiger charge is 2.69. The van der Waals surface area contributed by atoms with Crippen LogP contribution in [0.15, 0.2) is 27.8 Å². The van der Waals surface area contributed by atoms with Crippen molar-refractivity contribution in [2.24, 2.45) is 55.4 Å². The number of ether oxygens (including phenoxy) is 1. The molecule has 0 aromatic heterocycles. The van der Waals surface area contributed by atoms with Crippen molar-refractivity contribution >= 4 is 40.5 Å². The van der Waals surface area contributed by atoms with Crippen molar-refractivity contribution in [2.75, 3.05) is 26.3 Å². The molecule has 7 rings (SSSR count). The normalized spacial score (nSPS) is 42.7. The standard InChI is InChI=1S/C39H55N3O6S/c1-34(2)14-16-39(32(45)42-18-20-47-21-19-42)17-15-37(6)24(25(39)23-34)8-9-28-36(5)12-11-29(35(3,4)27(36)10-13-38(28,37)7)41-48-30(43)22-26-31(44)40-33(46)49-26/h8,22,25,27-28H,9-21,23H2,1-7H3,(H,40,44,46)/b26-22-,41-29-/t25-,27-,28+,36-,37+,38+,39-/m0/s1. The van der Waals surface area contributed by atoms with Crippen molar-refractivity contribution in [3.8, 4) is 0 Å². The molecule has 7 atom stereocenters. The Kier molecular flexibility index (Phi) is 8.41. The van der Waals surface area contributed by atoms with Gasteiger partial charge in [0.05, 0.1) is 29.2 Å². The minimum Gasteiger partial charge on any atom is -0.378 e. The van der Waals surface area contributed by atoms with E-state index in [4.69, 9.17) is 9.57 Å². The number of allylic oxidation sites excluding steroid dienone is 2. The van der Waals surface area contributed by atoms with E-state index in [0.29, 0.717) is 55.8 Å². The van der Waals surface area contributed by atoms with Gasteiger partial charge in [-0.15, -0.1) is 0 Å². The summed E-state index contributed by atoms with van der Waals surface area (Å²) in [5.74, 6) is 0.204. The number of carbonyl (C=O) groups is 4. The molecule has 7 aliphatic rings. The van der Waals surface area contributed by atoms with Gasteiger partial charge in [-0.3, -0.25) is 19.7 Å². The number of nitrogens with one attached hydrogen (secondary N) is 1. The number of rotatable bonds is 3. The highest BCUT2D eigenvalue weighted by Crippen LogP contribution is 2.75. The SMILES string of the molecule is CC1(C)CC[C@]2(C(=O)N3CCOCC3)CC[C@]3(C)C(=CC[C@@H]4[C@@]5(C)CC/C(=N/OC(=O)/C=C6\SC(=O)NC6=O)C(C)(C)[C@@H]5CC[C@]43C)[C@@H]2C1. The predicted octanol–water partition coefficient (Wildman–Crippen LogP) is 7.41. The predicted molar refractivity (Wildman–Crippen MR) is 189 cm³/mol.